The van der Waals surface area contributed by atoms with Gasteiger partial charge < -0.3 is 15.4 Å². The molecule has 0 bridgehead atoms. The zero-order chi connectivity index (χ0) is 15.1. The zero-order valence-electron chi connectivity index (χ0n) is 11.7. The van der Waals surface area contributed by atoms with Crippen molar-refractivity contribution in [2.24, 2.45) is 0 Å². The molecule has 0 aliphatic rings. The first-order chi connectivity index (χ1) is 10.2. The second kappa shape index (κ2) is 7.99. The van der Waals surface area contributed by atoms with Gasteiger partial charge in [0.05, 0.1) is 0 Å². The molecule has 0 aromatic heterocycles. The molecule has 0 aliphatic carbocycles. The number of halogens is 1. The summed E-state index contributed by atoms with van der Waals surface area (Å²) in [4.78, 5) is 11.9. The Bertz CT molecular complexity index is 617. The van der Waals surface area contributed by atoms with Gasteiger partial charge in [-0.1, -0.05) is 24.3 Å². The number of nitrogens with one attached hydrogen (secondary N) is 2. The summed E-state index contributed by atoms with van der Waals surface area (Å²) in [6.45, 7) is 0.695. The Labute approximate surface area is 138 Å². The molecule has 0 radical (unpaired) electrons. The largest absolute Gasteiger partial charge is 0.483 e. The standard InChI is InChI=1S/C16H17IN2O2/c1-18-10-12-5-2-3-8-15(12)21-11-16(20)19-14-7-4-6-13(17)9-14/h2-9,18H,10-11H2,1H3,(H,19,20). The summed E-state index contributed by atoms with van der Waals surface area (Å²) in [5, 5.41) is 5.90. The van der Waals surface area contributed by atoms with Crippen LogP contribution >= 0.6 is 22.6 Å². The maximum Gasteiger partial charge on any atom is 0.262 e. The highest BCUT2D eigenvalue weighted by atomic mass is 127. The number of carbonyl (C=O) groups is 1. The van der Waals surface area contributed by atoms with Gasteiger partial charge in [0.2, 0.25) is 0 Å². The molecule has 21 heavy (non-hydrogen) atoms. The summed E-state index contributed by atoms with van der Waals surface area (Å²) in [6, 6.07) is 15.3. The fourth-order valence-corrected chi connectivity index (χ4v) is 2.43. The molecule has 4 nitrogen and oxygen atoms in total. The molecule has 0 saturated heterocycles. The third-order valence-corrected chi connectivity index (χ3v) is 3.48. The third-order valence-electron chi connectivity index (χ3n) is 2.81. The van der Waals surface area contributed by atoms with E-state index in [1.165, 1.54) is 0 Å². The van der Waals surface area contributed by atoms with Crippen LogP contribution in [-0.2, 0) is 11.3 Å². The molecule has 0 aliphatic heterocycles. The van der Waals surface area contributed by atoms with E-state index in [1.54, 1.807) is 0 Å². The first-order valence-corrected chi connectivity index (χ1v) is 7.67. The summed E-state index contributed by atoms with van der Waals surface area (Å²) >= 11 is 2.21. The number of hydrogen-bond acceptors (Lipinski definition) is 3. The average molecular weight is 396 g/mol. The predicted octanol–water partition coefficient (Wildman–Crippen LogP) is 3.03. The van der Waals surface area contributed by atoms with Crippen molar-refractivity contribution in [2.75, 3.05) is 19.0 Å². The highest BCUT2D eigenvalue weighted by Gasteiger charge is 2.06. The van der Waals surface area contributed by atoms with Gasteiger partial charge in [0, 0.05) is 21.4 Å². The quantitative estimate of drug-likeness (QED) is 0.739. The summed E-state index contributed by atoms with van der Waals surface area (Å²) in [5.74, 6) is 0.556. The summed E-state index contributed by atoms with van der Waals surface area (Å²) in [6.07, 6.45) is 0. The zero-order valence-corrected chi connectivity index (χ0v) is 13.9. The normalized spacial score (nSPS) is 10.2. The number of hydrogen-bond donors (Lipinski definition) is 2. The van der Waals surface area contributed by atoms with Crippen LogP contribution in [0.2, 0.25) is 0 Å². The lowest BCUT2D eigenvalue weighted by atomic mass is 10.2. The summed E-state index contributed by atoms with van der Waals surface area (Å²) in [7, 11) is 1.88. The van der Waals surface area contributed by atoms with Crippen LogP contribution in [0.15, 0.2) is 48.5 Å². The van der Waals surface area contributed by atoms with Crippen LogP contribution in [0.4, 0.5) is 5.69 Å². The molecule has 5 heteroatoms. The van der Waals surface area contributed by atoms with Crippen molar-refractivity contribution in [1.29, 1.82) is 0 Å². The molecule has 110 valence electrons. The van der Waals surface area contributed by atoms with Crippen molar-refractivity contribution in [1.82, 2.24) is 5.32 Å². The van der Waals surface area contributed by atoms with E-state index < -0.39 is 0 Å². The first-order valence-electron chi connectivity index (χ1n) is 6.60. The molecule has 0 unspecified atom stereocenters. The Hall–Kier alpha value is -1.60. The molecule has 0 spiro atoms. The fraction of sp³-hybridized carbons (Fsp3) is 0.188. The molecule has 1 amide bonds. The predicted molar refractivity (Wildman–Crippen MR) is 92.5 cm³/mol. The number of carbonyl (C=O) groups excluding carboxylic acids is 1. The lowest BCUT2D eigenvalue weighted by molar-refractivity contribution is -0.118. The van der Waals surface area contributed by atoms with Gasteiger partial charge in [0.25, 0.3) is 5.91 Å². The minimum Gasteiger partial charge on any atom is -0.483 e. The number of anilines is 1. The maximum absolute atomic E-state index is 11.9. The molecule has 2 N–H and O–H groups in total. The maximum atomic E-state index is 11.9. The lowest BCUT2D eigenvalue weighted by Gasteiger charge is -2.11. The van der Waals surface area contributed by atoms with Gasteiger partial charge in [-0.3, -0.25) is 4.79 Å². The highest BCUT2D eigenvalue weighted by Crippen LogP contribution is 2.18. The van der Waals surface area contributed by atoms with E-state index in [2.05, 4.69) is 33.2 Å². The minimum absolute atomic E-state index is 0.00774. The third kappa shape index (κ3) is 5.02. The van der Waals surface area contributed by atoms with Crippen molar-refractivity contribution in [3.63, 3.8) is 0 Å². The van der Waals surface area contributed by atoms with Crippen molar-refractivity contribution >= 4 is 34.2 Å². The van der Waals surface area contributed by atoms with E-state index in [1.807, 2.05) is 55.6 Å². The van der Waals surface area contributed by atoms with Crippen LogP contribution in [-0.4, -0.2) is 19.6 Å². The second-order valence-electron chi connectivity index (χ2n) is 4.49. The molecule has 2 aromatic carbocycles. The van der Waals surface area contributed by atoms with E-state index in [-0.39, 0.29) is 12.5 Å². The van der Waals surface area contributed by atoms with Crippen LogP contribution in [0.1, 0.15) is 5.56 Å². The Morgan fingerprint density at radius 2 is 2.00 bits per heavy atom. The van der Waals surface area contributed by atoms with E-state index >= 15 is 0 Å². The second-order valence-corrected chi connectivity index (χ2v) is 5.73. The Morgan fingerprint density at radius 1 is 1.19 bits per heavy atom. The van der Waals surface area contributed by atoms with Crippen molar-refractivity contribution < 1.29 is 9.53 Å². The average Bonchev–Trinajstić information content (AvgIpc) is 2.47. The Kier molecular flexibility index (Phi) is 6.01. The van der Waals surface area contributed by atoms with E-state index in [4.69, 9.17) is 4.74 Å². The van der Waals surface area contributed by atoms with Crippen LogP contribution in [0.25, 0.3) is 0 Å². The first kappa shape index (κ1) is 15.8. The number of para-hydroxylation sites is 1. The topological polar surface area (TPSA) is 50.4 Å². The molecule has 0 fully saturated rings. The van der Waals surface area contributed by atoms with Crippen LogP contribution in [0, 0.1) is 3.57 Å². The number of amides is 1. The van der Waals surface area contributed by atoms with Crippen LogP contribution in [0.5, 0.6) is 5.75 Å². The Morgan fingerprint density at radius 3 is 2.76 bits per heavy atom. The van der Waals surface area contributed by atoms with E-state index in [9.17, 15) is 4.79 Å². The SMILES string of the molecule is CNCc1ccccc1OCC(=O)Nc1cccc(I)c1. The molecule has 2 rings (SSSR count). The van der Waals surface area contributed by atoms with Gasteiger partial charge in [-0.05, 0) is 53.9 Å². The van der Waals surface area contributed by atoms with Gasteiger partial charge >= 0.3 is 0 Å². The van der Waals surface area contributed by atoms with Gasteiger partial charge in [-0.25, -0.2) is 0 Å². The summed E-state index contributed by atoms with van der Waals surface area (Å²) in [5.41, 5.74) is 1.81. The highest BCUT2D eigenvalue weighted by molar-refractivity contribution is 14.1. The number of benzene rings is 2. The molecule has 2 aromatic rings. The lowest BCUT2D eigenvalue weighted by Crippen LogP contribution is -2.21. The van der Waals surface area contributed by atoms with Crippen molar-refractivity contribution in [3.05, 3.63) is 57.7 Å². The Balaban J connectivity index is 1.92. The van der Waals surface area contributed by atoms with E-state index in [0.29, 0.717) is 6.54 Å². The summed E-state index contributed by atoms with van der Waals surface area (Å²) < 4.78 is 6.67. The molecular weight excluding hydrogens is 379 g/mol. The van der Waals surface area contributed by atoms with Gasteiger partial charge in [-0.2, -0.15) is 0 Å². The molecular formula is C16H17IN2O2. The van der Waals surface area contributed by atoms with Gasteiger partial charge in [0.15, 0.2) is 6.61 Å². The smallest absolute Gasteiger partial charge is 0.262 e. The molecule has 0 heterocycles. The van der Waals surface area contributed by atoms with Crippen molar-refractivity contribution in [2.45, 2.75) is 6.54 Å². The number of rotatable bonds is 6. The fourth-order valence-electron chi connectivity index (χ4n) is 1.89. The molecule has 0 atom stereocenters. The van der Waals surface area contributed by atoms with Gasteiger partial charge in [0.1, 0.15) is 5.75 Å². The number of ether oxygens (including phenoxy) is 1. The van der Waals surface area contributed by atoms with Crippen LogP contribution < -0.4 is 15.4 Å². The van der Waals surface area contributed by atoms with Crippen molar-refractivity contribution in [3.8, 4) is 5.75 Å². The minimum atomic E-state index is -0.170. The van der Waals surface area contributed by atoms with Gasteiger partial charge in [-0.15, -0.1) is 0 Å². The van der Waals surface area contributed by atoms with E-state index in [0.717, 1.165) is 20.6 Å². The molecule has 0 saturated carbocycles. The monoisotopic (exact) mass is 396 g/mol. The van der Waals surface area contributed by atoms with Crippen LogP contribution in [0.3, 0.4) is 0 Å².